The van der Waals surface area contributed by atoms with E-state index in [0.717, 1.165) is 0 Å². The molecule has 0 aliphatic rings. The van der Waals surface area contributed by atoms with E-state index in [1.165, 1.54) is 13.8 Å². The molecule has 0 aromatic carbocycles. The largest absolute Gasteiger partial charge is 0.481 e. The summed E-state index contributed by atoms with van der Waals surface area (Å²) in [5.74, 6) is -1.09. The molecule has 13 heteroatoms. The van der Waals surface area contributed by atoms with Gasteiger partial charge >= 0.3 is 27.6 Å². The van der Waals surface area contributed by atoms with Crippen LogP contribution in [0.1, 0.15) is 39.5 Å². The molecule has 0 spiro atoms. The van der Waals surface area contributed by atoms with Crippen molar-refractivity contribution in [2.75, 3.05) is 26.4 Å². The van der Waals surface area contributed by atoms with E-state index in [1.54, 1.807) is 0 Å². The van der Waals surface area contributed by atoms with Crippen LogP contribution in [0.25, 0.3) is 0 Å². The minimum absolute atomic E-state index is 0.0644. The van der Waals surface area contributed by atoms with Gasteiger partial charge in [0.25, 0.3) is 0 Å². The van der Waals surface area contributed by atoms with Gasteiger partial charge in [-0.15, -0.1) is 0 Å². The summed E-state index contributed by atoms with van der Waals surface area (Å²) in [7, 11) is -9.64. The smallest absolute Gasteiger partial charge is 0.462 e. The van der Waals surface area contributed by atoms with Crippen LogP contribution in [0.2, 0.25) is 0 Å². The molecule has 0 heterocycles. The van der Waals surface area contributed by atoms with Crippen LogP contribution in [-0.2, 0) is 41.6 Å². The van der Waals surface area contributed by atoms with Crippen LogP contribution in [0.15, 0.2) is 24.3 Å². The van der Waals surface area contributed by atoms with Gasteiger partial charge < -0.3 is 19.3 Å². The zero-order valence-corrected chi connectivity index (χ0v) is 18.3. The van der Waals surface area contributed by atoms with Crippen LogP contribution in [0.5, 0.6) is 0 Å². The van der Waals surface area contributed by atoms with Crippen molar-refractivity contribution in [3.63, 3.8) is 0 Å². The first-order valence-electron chi connectivity index (χ1n) is 8.67. The third kappa shape index (κ3) is 15.2. The van der Waals surface area contributed by atoms with Gasteiger partial charge in [-0.2, -0.15) is 4.31 Å². The topological polar surface area (TPSA) is 155 Å². The molecule has 0 aromatic heterocycles. The summed E-state index contributed by atoms with van der Waals surface area (Å²) in [6, 6.07) is 0. The zero-order chi connectivity index (χ0) is 22.5. The molecule has 11 nitrogen and oxygen atoms in total. The van der Waals surface area contributed by atoms with Crippen molar-refractivity contribution >= 4 is 27.6 Å². The van der Waals surface area contributed by atoms with Gasteiger partial charge in [0.15, 0.2) is 0 Å². The van der Waals surface area contributed by atoms with Crippen LogP contribution >= 0.6 is 15.6 Å². The van der Waals surface area contributed by atoms with Crippen molar-refractivity contribution in [1.29, 1.82) is 0 Å². The molecule has 2 unspecified atom stereocenters. The molecule has 0 aliphatic carbocycles. The molecule has 0 fully saturated rings. The molecule has 0 rings (SSSR count). The van der Waals surface area contributed by atoms with Crippen LogP contribution in [-0.4, -0.2) is 48.2 Å². The number of esters is 2. The first-order valence-corrected chi connectivity index (χ1v) is 11.7. The summed E-state index contributed by atoms with van der Waals surface area (Å²) in [4.78, 5) is 41.2. The number of phosphoric acid groups is 2. The first kappa shape index (κ1) is 27.7. The standard InChI is InChI=1S/C16H28O11P2/c1-13(2)15(17)23-9-5-7-11-25-28(19,20)27-29(21,22)26-12-8-6-10-24-16(18)14(3)4/h1,3,5-12H2,2,4H3,(H,19,20)(H,21,22). The average Bonchev–Trinajstić information content (AvgIpc) is 2.59. The Balaban J connectivity index is 3.98. The number of unbranched alkanes of at least 4 members (excludes halogenated alkanes) is 2. The Morgan fingerprint density at radius 2 is 1.03 bits per heavy atom. The number of phosphoric ester groups is 2. The van der Waals surface area contributed by atoms with Crippen molar-refractivity contribution in [2.24, 2.45) is 0 Å². The summed E-state index contributed by atoms with van der Waals surface area (Å²) in [6.45, 7) is 9.41. The second kappa shape index (κ2) is 13.8. The molecular weight excluding hydrogens is 430 g/mol. The minimum atomic E-state index is -4.82. The van der Waals surface area contributed by atoms with Gasteiger partial charge in [0.1, 0.15) is 0 Å². The third-order valence-electron chi connectivity index (χ3n) is 2.96. The third-order valence-corrected chi connectivity index (χ3v) is 5.62. The summed E-state index contributed by atoms with van der Waals surface area (Å²) in [6.07, 6.45) is 1.14. The molecule has 0 saturated carbocycles. The molecule has 168 valence electrons. The van der Waals surface area contributed by atoms with Gasteiger partial charge in [0, 0.05) is 11.1 Å². The van der Waals surface area contributed by atoms with Crippen molar-refractivity contribution in [3.05, 3.63) is 24.3 Å². The highest BCUT2D eigenvalue weighted by molar-refractivity contribution is 7.61. The molecule has 2 atom stereocenters. The molecule has 0 aliphatic heterocycles. The molecule has 0 radical (unpaired) electrons. The maximum atomic E-state index is 11.7. The maximum absolute atomic E-state index is 11.7. The van der Waals surface area contributed by atoms with Crippen LogP contribution < -0.4 is 0 Å². The fraction of sp³-hybridized carbons (Fsp3) is 0.625. The van der Waals surface area contributed by atoms with Crippen LogP contribution in [0, 0.1) is 0 Å². The first-order chi connectivity index (χ1) is 13.4. The Kier molecular flexibility index (Phi) is 13.2. The SMILES string of the molecule is C=C(C)C(=O)OCCCCOP(=O)(O)OP(=O)(O)OCCCCOC(=O)C(=C)C. The second-order valence-corrected chi connectivity index (χ2v) is 8.98. The van der Waals surface area contributed by atoms with Gasteiger partial charge in [0.2, 0.25) is 0 Å². The zero-order valence-electron chi connectivity index (χ0n) is 16.5. The highest BCUT2D eigenvalue weighted by Gasteiger charge is 2.35. The summed E-state index contributed by atoms with van der Waals surface area (Å²) in [5.41, 5.74) is 0.502. The van der Waals surface area contributed by atoms with E-state index in [-0.39, 0.29) is 50.4 Å². The monoisotopic (exact) mass is 458 g/mol. The number of hydrogen-bond donors (Lipinski definition) is 2. The predicted molar refractivity (Wildman–Crippen MR) is 103 cm³/mol. The molecule has 0 saturated heterocycles. The van der Waals surface area contributed by atoms with Crippen LogP contribution in [0.4, 0.5) is 0 Å². The fourth-order valence-corrected chi connectivity index (χ4v) is 3.66. The van der Waals surface area contributed by atoms with Crippen LogP contribution in [0.3, 0.4) is 0 Å². The lowest BCUT2D eigenvalue weighted by molar-refractivity contribution is -0.139. The van der Waals surface area contributed by atoms with Crippen molar-refractivity contribution in [3.8, 4) is 0 Å². The van der Waals surface area contributed by atoms with E-state index < -0.39 is 27.6 Å². The highest BCUT2D eigenvalue weighted by atomic mass is 31.3. The lowest BCUT2D eigenvalue weighted by Crippen LogP contribution is -2.07. The van der Waals surface area contributed by atoms with Crippen molar-refractivity contribution < 1.29 is 51.3 Å². The molecular formula is C16H28O11P2. The normalized spacial score (nSPS) is 15.0. The summed E-state index contributed by atoms with van der Waals surface area (Å²) in [5, 5.41) is 0. The van der Waals surface area contributed by atoms with E-state index >= 15 is 0 Å². The lowest BCUT2D eigenvalue weighted by Gasteiger charge is -2.16. The minimum Gasteiger partial charge on any atom is -0.462 e. The van der Waals surface area contributed by atoms with Crippen molar-refractivity contribution in [1.82, 2.24) is 0 Å². The van der Waals surface area contributed by atoms with Crippen molar-refractivity contribution in [2.45, 2.75) is 39.5 Å². The van der Waals surface area contributed by atoms with Gasteiger partial charge in [-0.3, -0.25) is 9.05 Å². The van der Waals surface area contributed by atoms with Gasteiger partial charge in [0.05, 0.1) is 26.4 Å². The Morgan fingerprint density at radius 3 is 1.34 bits per heavy atom. The average molecular weight is 458 g/mol. The van der Waals surface area contributed by atoms with E-state index in [2.05, 4.69) is 26.5 Å². The molecule has 0 bridgehead atoms. The molecule has 29 heavy (non-hydrogen) atoms. The molecule has 2 N–H and O–H groups in total. The van der Waals surface area contributed by atoms with E-state index in [0.29, 0.717) is 12.8 Å². The molecule has 0 amide bonds. The predicted octanol–water partition coefficient (Wildman–Crippen LogP) is 3.04. The number of carbonyl (C=O) groups is 2. The van der Waals surface area contributed by atoms with Gasteiger partial charge in [-0.05, 0) is 39.5 Å². The second-order valence-electron chi connectivity index (χ2n) is 5.93. The van der Waals surface area contributed by atoms with E-state index in [4.69, 9.17) is 9.47 Å². The number of rotatable bonds is 16. The van der Waals surface area contributed by atoms with Gasteiger partial charge in [-0.1, -0.05) is 13.2 Å². The highest BCUT2D eigenvalue weighted by Crippen LogP contribution is 2.60. The Morgan fingerprint density at radius 1 is 0.724 bits per heavy atom. The maximum Gasteiger partial charge on any atom is 0.481 e. The Labute approximate surface area is 169 Å². The Hall–Kier alpha value is -1.32. The fourth-order valence-electron chi connectivity index (χ4n) is 1.52. The number of ether oxygens (including phenoxy) is 2. The van der Waals surface area contributed by atoms with E-state index in [1.807, 2.05) is 0 Å². The summed E-state index contributed by atoms with van der Waals surface area (Å²) < 4.78 is 46.3. The van der Waals surface area contributed by atoms with E-state index in [9.17, 15) is 28.5 Å². The lowest BCUT2D eigenvalue weighted by atomic mass is 10.3. The molecule has 0 aromatic rings. The summed E-state index contributed by atoms with van der Waals surface area (Å²) >= 11 is 0. The quantitative estimate of drug-likeness (QED) is 0.152. The Bertz CT molecular complexity index is 618. The van der Waals surface area contributed by atoms with Gasteiger partial charge in [-0.25, -0.2) is 18.7 Å². The number of hydrogen-bond acceptors (Lipinski definition) is 9. The number of carbonyl (C=O) groups excluding carboxylic acids is 2.